The van der Waals surface area contributed by atoms with Crippen LogP contribution in [0.1, 0.15) is 53.2 Å². The molecule has 0 saturated carbocycles. The Bertz CT molecular complexity index is 737. The van der Waals surface area contributed by atoms with Crippen molar-refractivity contribution in [1.82, 2.24) is 4.90 Å². The van der Waals surface area contributed by atoms with E-state index in [-0.39, 0.29) is 5.41 Å². The lowest BCUT2D eigenvalue weighted by Crippen LogP contribution is -2.35. The van der Waals surface area contributed by atoms with E-state index < -0.39 is 0 Å². The second-order valence-electron chi connectivity index (χ2n) is 7.60. The van der Waals surface area contributed by atoms with Gasteiger partial charge in [-0.05, 0) is 56.0 Å². The van der Waals surface area contributed by atoms with Crippen LogP contribution in [0.25, 0.3) is 0 Å². The van der Waals surface area contributed by atoms with E-state index in [2.05, 4.69) is 68.1 Å². The fourth-order valence-corrected chi connectivity index (χ4v) is 4.11. The van der Waals surface area contributed by atoms with Gasteiger partial charge < -0.3 is 0 Å². The molecule has 0 N–H and O–H groups in total. The molecule has 2 aromatic rings. The van der Waals surface area contributed by atoms with E-state index in [0.29, 0.717) is 5.78 Å². The minimum absolute atomic E-state index is 0.217. The average molecular weight is 335 g/mol. The van der Waals surface area contributed by atoms with Crippen LogP contribution in [-0.4, -0.2) is 23.8 Å². The van der Waals surface area contributed by atoms with Crippen LogP contribution >= 0.6 is 0 Å². The molecule has 0 unspecified atom stereocenters. The lowest BCUT2D eigenvalue weighted by atomic mass is 9.75. The van der Waals surface area contributed by atoms with Crippen LogP contribution in [0.3, 0.4) is 0 Å². The third kappa shape index (κ3) is 3.85. The number of Topliss-reactive ketones (excluding diaryl/α,β-unsaturated/α-hetero) is 1. The zero-order chi connectivity index (χ0) is 17.9. The second kappa shape index (κ2) is 7.53. The van der Waals surface area contributed by atoms with Crippen molar-refractivity contribution in [1.29, 1.82) is 0 Å². The lowest BCUT2D eigenvalue weighted by molar-refractivity contribution is 0.0780. The van der Waals surface area contributed by atoms with Gasteiger partial charge in [0.2, 0.25) is 0 Å². The van der Waals surface area contributed by atoms with Gasteiger partial charge in [0.1, 0.15) is 0 Å². The molecule has 1 heterocycles. The molecule has 0 amide bonds. The van der Waals surface area contributed by atoms with Crippen LogP contribution in [0.2, 0.25) is 0 Å². The average Bonchev–Trinajstić information content (AvgIpc) is 3.02. The van der Waals surface area contributed by atoms with E-state index in [4.69, 9.17) is 0 Å². The van der Waals surface area contributed by atoms with Gasteiger partial charge in [0, 0.05) is 24.1 Å². The quantitative estimate of drug-likeness (QED) is 0.678. The summed E-state index contributed by atoms with van der Waals surface area (Å²) in [6.45, 7) is 9.20. The summed E-state index contributed by atoms with van der Waals surface area (Å²) >= 11 is 0. The summed E-state index contributed by atoms with van der Waals surface area (Å²) in [5, 5.41) is 0. The van der Waals surface area contributed by atoms with Crippen LogP contribution in [-0.2, 0) is 6.54 Å². The van der Waals surface area contributed by atoms with E-state index in [1.165, 1.54) is 16.7 Å². The third-order valence-corrected chi connectivity index (χ3v) is 5.66. The van der Waals surface area contributed by atoms with Gasteiger partial charge in [-0.25, -0.2) is 0 Å². The molecule has 0 aliphatic carbocycles. The number of carbonyl (C=O) groups is 1. The van der Waals surface area contributed by atoms with Crippen LogP contribution in [0.5, 0.6) is 0 Å². The molecule has 2 nitrogen and oxygen atoms in total. The highest BCUT2D eigenvalue weighted by atomic mass is 16.1. The Hall–Kier alpha value is -1.93. The van der Waals surface area contributed by atoms with Crippen molar-refractivity contribution >= 4 is 5.78 Å². The molecular formula is C23H29NO. The number of carbonyl (C=O) groups excluding carboxylic acids is 1. The van der Waals surface area contributed by atoms with Crippen LogP contribution < -0.4 is 0 Å². The first-order valence-electron chi connectivity index (χ1n) is 9.42. The van der Waals surface area contributed by atoms with Crippen molar-refractivity contribution in [3.63, 3.8) is 0 Å². The number of nitrogens with zero attached hydrogens (tertiary/aromatic N) is 1. The lowest BCUT2D eigenvalue weighted by Gasteiger charge is -2.28. The number of hydrogen-bond acceptors (Lipinski definition) is 2. The zero-order valence-electron chi connectivity index (χ0n) is 15.7. The molecule has 1 atom stereocenters. The minimum atomic E-state index is -0.217. The topological polar surface area (TPSA) is 20.3 Å². The van der Waals surface area contributed by atoms with E-state index >= 15 is 0 Å². The summed E-state index contributed by atoms with van der Waals surface area (Å²) < 4.78 is 0. The number of likely N-dealkylation sites (tertiary alicyclic amines) is 1. The summed E-state index contributed by atoms with van der Waals surface area (Å²) in [6, 6.07) is 16.7. The maximum Gasteiger partial charge on any atom is 0.170 e. The van der Waals surface area contributed by atoms with Gasteiger partial charge in [-0.15, -0.1) is 0 Å². The predicted molar refractivity (Wildman–Crippen MR) is 104 cm³/mol. The van der Waals surface area contributed by atoms with Crippen molar-refractivity contribution in [3.8, 4) is 0 Å². The van der Waals surface area contributed by atoms with Gasteiger partial charge in [0.15, 0.2) is 5.78 Å². The number of ketones is 1. The van der Waals surface area contributed by atoms with Gasteiger partial charge in [0.05, 0.1) is 0 Å². The molecule has 1 fully saturated rings. The van der Waals surface area contributed by atoms with Gasteiger partial charge in [0.25, 0.3) is 0 Å². The Morgan fingerprint density at radius 2 is 1.84 bits per heavy atom. The van der Waals surface area contributed by atoms with Crippen molar-refractivity contribution < 1.29 is 4.79 Å². The summed E-state index contributed by atoms with van der Waals surface area (Å²) in [6.07, 6.45) is 3.00. The smallest absolute Gasteiger partial charge is 0.170 e. The van der Waals surface area contributed by atoms with Gasteiger partial charge >= 0.3 is 0 Å². The van der Waals surface area contributed by atoms with Gasteiger partial charge in [-0.2, -0.15) is 0 Å². The van der Waals surface area contributed by atoms with Crippen LogP contribution in [0.15, 0.2) is 48.5 Å². The highest BCUT2D eigenvalue weighted by molar-refractivity contribution is 6.01. The monoisotopic (exact) mass is 335 g/mol. The fourth-order valence-electron chi connectivity index (χ4n) is 4.11. The molecule has 0 spiro atoms. The molecule has 1 aliphatic rings. The Morgan fingerprint density at radius 3 is 2.52 bits per heavy atom. The fraction of sp³-hybridized carbons (Fsp3) is 0.435. The van der Waals surface area contributed by atoms with Crippen LogP contribution in [0, 0.1) is 19.3 Å². The number of rotatable bonds is 6. The number of hydrogen-bond donors (Lipinski definition) is 0. The molecule has 1 saturated heterocycles. The second-order valence-corrected chi connectivity index (χ2v) is 7.60. The predicted octanol–water partition coefficient (Wildman–Crippen LogP) is 5.18. The first-order chi connectivity index (χ1) is 12.0. The SMILES string of the molecule is CCC[C@]1(C(=O)c2ccc(C)c(C)c2)CCN(Cc2ccccc2)C1. The minimum Gasteiger partial charge on any atom is -0.298 e. The molecule has 1 aliphatic heterocycles. The Balaban J connectivity index is 1.80. The van der Waals surface area contributed by atoms with Crippen molar-refractivity contribution in [2.45, 2.75) is 46.6 Å². The van der Waals surface area contributed by atoms with E-state index in [9.17, 15) is 4.79 Å². The summed E-state index contributed by atoms with van der Waals surface area (Å²) in [5.74, 6) is 0.341. The maximum atomic E-state index is 13.4. The van der Waals surface area contributed by atoms with Crippen molar-refractivity contribution in [2.24, 2.45) is 5.41 Å². The molecular weight excluding hydrogens is 306 g/mol. The number of benzene rings is 2. The third-order valence-electron chi connectivity index (χ3n) is 5.66. The Morgan fingerprint density at radius 1 is 1.08 bits per heavy atom. The normalized spacial score (nSPS) is 20.8. The largest absolute Gasteiger partial charge is 0.298 e. The molecule has 3 rings (SSSR count). The molecule has 132 valence electrons. The molecule has 0 radical (unpaired) electrons. The van der Waals surface area contributed by atoms with Gasteiger partial charge in [-0.1, -0.05) is 55.8 Å². The molecule has 0 aromatic heterocycles. The summed E-state index contributed by atoms with van der Waals surface area (Å²) in [5.41, 5.74) is 4.45. The van der Waals surface area contributed by atoms with Crippen molar-refractivity contribution in [3.05, 3.63) is 70.8 Å². The highest BCUT2D eigenvalue weighted by Gasteiger charge is 2.43. The molecule has 25 heavy (non-hydrogen) atoms. The van der Waals surface area contributed by atoms with E-state index in [0.717, 1.165) is 44.5 Å². The maximum absolute atomic E-state index is 13.4. The first kappa shape index (κ1) is 17.9. The number of aryl methyl sites for hydroxylation is 2. The Labute approximate surface area is 151 Å². The van der Waals surface area contributed by atoms with Gasteiger partial charge in [-0.3, -0.25) is 9.69 Å². The standard InChI is InChI=1S/C23H29NO/c1-4-12-23(22(25)21-11-10-18(2)19(3)15-21)13-14-24(17-23)16-20-8-6-5-7-9-20/h5-11,15H,4,12-14,16-17H2,1-3H3/t23-/m0/s1. The molecule has 2 heteroatoms. The van der Waals surface area contributed by atoms with Crippen molar-refractivity contribution in [2.75, 3.05) is 13.1 Å². The summed E-state index contributed by atoms with van der Waals surface area (Å²) in [7, 11) is 0. The summed E-state index contributed by atoms with van der Waals surface area (Å²) in [4.78, 5) is 15.8. The highest BCUT2D eigenvalue weighted by Crippen LogP contribution is 2.39. The molecule has 2 aromatic carbocycles. The van der Waals surface area contributed by atoms with E-state index in [1.54, 1.807) is 0 Å². The zero-order valence-corrected chi connectivity index (χ0v) is 15.7. The Kier molecular flexibility index (Phi) is 5.39. The van der Waals surface area contributed by atoms with E-state index in [1.807, 2.05) is 6.07 Å². The molecule has 0 bridgehead atoms. The first-order valence-corrected chi connectivity index (χ1v) is 9.42. The van der Waals surface area contributed by atoms with Crippen LogP contribution in [0.4, 0.5) is 0 Å².